The predicted octanol–water partition coefficient (Wildman–Crippen LogP) is 4.42. The average Bonchev–Trinajstić information content (AvgIpc) is 3.35. The van der Waals surface area contributed by atoms with Gasteiger partial charge in [0.05, 0.1) is 0 Å². The Morgan fingerprint density at radius 2 is 1.96 bits per heavy atom. The van der Waals surface area contributed by atoms with Gasteiger partial charge in [-0.25, -0.2) is 0 Å². The maximum Gasteiger partial charge on any atom is 0.251 e. The summed E-state index contributed by atoms with van der Waals surface area (Å²) in [6.45, 7) is 2.88. The first-order chi connectivity index (χ1) is 12.8. The highest BCUT2D eigenvalue weighted by Gasteiger charge is 2.24. The zero-order valence-electron chi connectivity index (χ0n) is 14.6. The lowest BCUT2D eigenvalue weighted by Gasteiger charge is -2.17. The SMILES string of the molecule is O=C(N[C@H]1CCN(Cc2ccccc2)C1)c1cccc(-c2cccs2)c1. The molecule has 0 spiro atoms. The largest absolute Gasteiger partial charge is 0.348 e. The lowest BCUT2D eigenvalue weighted by molar-refractivity contribution is 0.0937. The van der Waals surface area contributed by atoms with Crippen molar-refractivity contribution in [2.75, 3.05) is 13.1 Å². The van der Waals surface area contributed by atoms with E-state index >= 15 is 0 Å². The summed E-state index contributed by atoms with van der Waals surface area (Å²) in [5, 5.41) is 5.26. The van der Waals surface area contributed by atoms with Crippen LogP contribution in [-0.4, -0.2) is 29.9 Å². The van der Waals surface area contributed by atoms with E-state index < -0.39 is 0 Å². The molecule has 0 saturated carbocycles. The number of nitrogens with zero attached hydrogens (tertiary/aromatic N) is 1. The molecule has 1 fully saturated rings. The van der Waals surface area contributed by atoms with Gasteiger partial charge >= 0.3 is 0 Å². The zero-order valence-corrected chi connectivity index (χ0v) is 15.4. The van der Waals surface area contributed by atoms with Gasteiger partial charge in [-0.3, -0.25) is 9.69 Å². The molecular formula is C22H22N2OS. The number of likely N-dealkylation sites (tertiary alicyclic amines) is 1. The molecular weight excluding hydrogens is 340 g/mol. The monoisotopic (exact) mass is 362 g/mol. The minimum Gasteiger partial charge on any atom is -0.348 e. The van der Waals surface area contributed by atoms with Gasteiger partial charge in [0.15, 0.2) is 0 Å². The first-order valence-electron chi connectivity index (χ1n) is 8.99. The lowest BCUT2D eigenvalue weighted by atomic mass is 10.1. The molecule has 132 valence electrons. The quantitative estimate of drug-likeness (QED) is 0.729. The normalized spacial score (nSPS) is 17.3. The summed E-state index contributed by atoms with van der Waals surface area (Å²) in [7, 11) is 0. The summed E-state index contributed by atoms with van der Waals surface area (Å²) in [5.41, 5.74) is 3.16. The van der Waals surface area contributed by atoms with Gasteiger partial charge in [-0.15, -0.1) is 11.3 Å². The van der Waals surface area contributed by atoms with E-state index in [1.165, 1.54) is 10.4 Å². The van der Waals surface area contributed by atoms with Gasteiger partial charge in [0.25, 0.3) is 5.91 Å². The Hall–Kier alpha value is -2.43. The molecule has 4 rings (SSSR count). The van der Waals surface area contributed by atoms with E-state index in [-0.39, 0.29) is 11.9 Å². The van der Waals surface area contributed by atoms with Crippen LogP contribution < -0.4 is 5.32 Å². The van der Waals surface area contributed by atoms with Crippen molar-refractivity contribution in [3.05, 3.63) is 83.2 Å². The molecule has 0 radical (unpaired) electrons. The van der Waals surface area contributed by atoms with E-state index in [4.69, 9.17) is 0 Å². The molecule has 0 bridgehead atoms. The average molecular weight is 362 g/mol. The first-order valence-corrected chi connectivity index (χ1v) is 9.87. The predicted molar refractivity (Wildman–Crippen MR) is 107 cm³/mol. The van der Waals surface area contributed by atoms with Crippen molar-refractivity contribution >= 4 is 17.2 Å². The van der Waals surface area contributed by atoms with Crippen LogP contribution in [0.5, 0.6) is 0 Å². The van der Waals surface area contributed by atoms with Crippen LogP contribution in [0.4, 0.5) is 0 Å². The number of amides is 1. The maximum atomic E-state index is 12.7. The van der Waals surface area contributed by atoms with Gasteiger partial charge in [0, 0.05) is 36.1 Å². The molecule has 2 aromatic carbocycles. The summed E-state index contributed by atoms with van der Waals surface area (Å²) in [6.07, 6.45) is 1.00. The Balaban J connectivity index is 1.36. The van der Waals surface area contributed by atoms with E-state index in [9.17, 15) is 4.79 Å². The van der Waals surface area contributed by atoms with Gasteiger partial charge in [-0.2, -0.15) is 0 Å². The van der Waals surface area contributed by atoms with Crippen molar-refractivity contribution < 1.29 is 4.79 Å². The van der Waals surface area contributed by atoms with Gasteiger partial charge < -0.3 is 5.32 Å². The van der Waals surface area contributed by atoms with Crippen molar-refractivity contribution in [2.45, 2.75) is 19.0 Å². The van der Waals surface area contributed by atoms with Gasteiger partial charge in [-0.05, 0) is 41.1 Å². The van der Waals surface area contributed by atoms with Crippen LogP contribution in [0.15, 0.2) is 72.1 Å². The van der Waals surface area contributed by atoms with Crippen molar-refractivity contribution in [3.8, 4) is 10.4 Å². The summed E-state index contributed by atoms with van der Waals surface area (Å²) in [6, 6.07) is 22.7. The molecule has 1 aromatic heterocycles. The molecule has 4 heteroatoms. The first kappa shape index (κ1) is 17.0. The Morgan fingerprint density at radius 1 is 1.08 bits per heavy atom. The fraction of sp³-hybridized carbons (Fsp3) is 0.227. The van der Waals surface area contributed by atoms with Crippen LogP contribution in [0.1, 0.15) is 22.3 Å². The van der Waals surface area contributed by atoms with Crippen LogP contribution in [0.2, 0.25) is 0 Å². The fourth-order valence-electron chi connectivity index (χ4n) is 3.46. The third-order valence-corrected chi connectivity index (χ3v) is 5.71. The molecule has 3 aromatic rings. The number of hydrogen-bond acceptors (Lipinski definition) is 3. The van der Waals surface area contributed by atoms with Gasteiger partial charge in [0.1, 0.15) is 0 Å². The van der Waals surface area contributed by atoms with E-state index in [1.807, 2.05) is 30.3 Å². The molecule has 1 aliphatic rings. The molecule has 3 nitrogen and oxygen atoms in total. The highest BCUT2D eigenvalue weighted by molar-refractivity contribution is 7.13. The van der Waals surface area contributed by atoms with E-state index in [0.717, 1.165) is 37.2 Å². The van der Waals surface area contributed by atoms with E-state index in [1.54, 1.807) is 11.3 Å². The summed E-state index contributed by atoms with van der Waals surface area (Å²) < 4.78 is 0. The number of carbonyl (C=O) groups excluding carboxylic acids is 1. The van der Waals surface area contributed by atoms with Crippen molar-refractivity contribution in [2.24, 2.45) is 0 Å². The van der Waals surface area contributed by atoms with Crippen molar-refractivity contribution in [3.63, 3.8) is 0 Å². The number of nitrogens with one attached hydrogen (secondary N) is 1. The molecule has 1 atom stereocenters. The Kier molecular flexibility index (Phi) is 5.14. The van der Waals surface area contributed by atoms with Crippen molar-refractivity contribution in [1.82, 2.24) is 10.2 Å². The molecule has 2 heterocycles. The number of benzene rings is 2. The number of rotatable bonds is 5. The highest BCUT2D eigenvalue weighted by atomic mass is 32.1. The van der Waals surface area contributed by atoms with Gasteiger partial charge in [0.2, 0.25) is 0 Å². The van der Waals surface area contributed by atoms with Gasteiger partial charge in [-0.1, -0.05) is 48.5 Å². The standard InChI is InChI=1S/C22H22N2OS/c25-22(19-9-4-8-18(14-19)21-10-5-13-26-21)23-20-11-12-24(16-20)15-17-6-2-1-3-7-17/h1-10,13-14,20H,11-12,15-16H2,(H,23,25)/t20-/m0/s1. The van der Waals surface area contributed by atoms with Crippen LogP contribution in [-0.2, 0) is 6.54 Å². The minimum absolute atomic E-state index is 0.0231. The van der Waals surface area contributed by atoms with Crippen molar-refractivity contribution in [1.29, 1.82) is 0 Å². The molecule has 1 aliphatic heterocycles. The highest BCUT2D eigenvalue weighted by Crippen LogP contribution is 2.25. The third-order valence-electron chi connectivity index (χ3n) is 4.79. The number of carbonyl (C=O) groups is 1. The summed E-state index contributed by atoms with van der Waals surface area (Å²) >= 11 is 1.69. The van der Waals surface area contributed by atoms with E-state index in [2.05, 4.69) is 52.0 Å². The van der Waals surface area contributed by atoms with E-state index in [0.29, 0.717) is 0 Å². The Morgan fingerprint density at radius 3 is 2.77 bits per heavy atom. The number of hydrogen-bond donors (Lipinski definition) is 1. The molecule has 26 heavy (non-hydrogen) atoms. The molecule has 1 saturated heterocycles. The smallest absolute Gasteiger partial charge is 0.251 e. The second-order valence-electron chi connectivity index (χ2n) is 6.74. The second kappa shape index (κ2) is 7.85. The Labute approximate surface area is 158 Å². The topological polar surface area (TPSA) is 32.3 Å². The minimum atomic E-state index is 0.0231. The summed E-state index contributed by atoms with van der Waals surface area (Å²) in [5.74, 6) is 0.0231. The second-order valence-corrected chi connectivity index (χ2v) is 7.69. The Bertz CT molecular complexity index is 861. The molecule has 0 unspecified atom stereocenters. The van der Waals surface area contributed by atoms with Crippen LogP contribution in [0, 0.1) is 0 Å². The molecule has 1 N–H and O–H groups in total. The maximum absolute atomic E-state index is 12.7. The van der Waals surface area contributed by atoms with Crippen LogP contribution in [0.3, 0.4) is 0 Å². The summed E-state index contributed by atoms with van der Waals surface area (Å²) in [4.78, 5) is 16.3. The lowest BCUT2D eigenvalue weighted by Crippen LogP contribution is -2.37. The van der Waals surface area contributed by atoms with Crippen LogP contribution >= 0.6 is 11.3 Å². The number of thiophene rings is 1. The molecule has 1 amide bonds. The molecule has 0 aliphatic carbocycles. The third kappa shape index (κ3) is 4.03. The van der Waals surface area contributed by atoms with Crippen LogP contribution in [0.25, 0.3) is 10.4 Å². The fourth-order valence-corrected chi connectivity index (χ4v) is 4.18. The zero-order chi connectivity index (χ0) is 17.8.